The van der Waals surface area contributed by atoms with E-state index >= 15 is 0 Å². The lowest BCUT2D eigenvalue weighted by Crippen LogP contribution is -2.44. The maximum atomic E-state index is 13.1. The molecule has 2 N–H and O–H groups in total. The van der Waals surface area contributed by atoms with Crippen molar-refractivity contribution in [2.45, 2.75) is 26.3 Å². The third-order valence-corrected chi connectivity index (χ3v) is 4.72. The fourth-order valence-corrected chi connectivity index (χ4v) is 3.37. The Morgan fingerprint density at radius 1 is 1.13 bits per heavy atom. The van der Waals surface area contributed by atoms with Gasteiger partial charge in [-0.25, -0.2) is 0 Å². The summed E-state index contributed by atoms with van der Waals surface area (Å²) in [5.41, 5.74) is 9.65. The van der Waals surface area contributed by atoms with Gasteiger partial charge in [0, 0.05) is 18.3 Å². The van der Waals surface area contributed by atoms with Gasteiger partial charge in [-0.3, -0.25) is 4.79 Å². The minimum Gasteiger partial charge on any atom is -0.323 e. The van der Waals surface area contributed by atoms with Gasteiger partial charge in [-0.15, -0.1) is 0 Å². The van der Waals surface area contributed by atoms with Crippen molar-refractivity contribution in [2.24, 2.45) is 17.6 Å². The van der Waals surface area contributed by atoms with Gasteiger partial charge in [0.15, 0.2) is 0 Å². The largest absolute Gasteiger partial charge is 0.323 e. The summed E-state index contributed by atoms with van der Waals surface area (Å²) in [5.74, 6) is 0.324. The van der Waals surface area contributed by atoms with Gasteiger partial charge < -0.3 is 10.6 Å². The predicted molar refractivity (Wildman–Crippen MR) is 94.2 cm³/mol. The minimum atomic E-state index is -0.284. The molecule has 120 valence electrons. The molecule has 1 amide bonds. The van der Waals surface area contributed by atoms with Crippen LogP contribution in [0.25, 0.3) is 0 Å². The van der Waals surface area contributed by atoms with Crippen LogP contribution in [0.2, 0.25) is 0 Å². The van der Waals surface area contributed by atoms with E-state index in [1.54, 1.807) is 0 Å². The third-order valence-electron chi connectivity index (χ3n) is 4.72. The average Bonchev–Trinajstić information content (AvgIpc) is 2.59. The second kappa shape index (κ2) is 6.55. The fraction of sp³-hybridized carbons (Fsp3) is 0.350. The van der Waals surface area contributed by atoms with E-state index in [0.29, 0.717) is 5.92 Å². The first kappa shape index (κ1) is 15.8. The van der Waals surface area contributed by atoms with Crippen LogP contribution in [0.1, 0.15) is 31.0 Å². The molecule has 2 aromatic carbocycles. The number of hydrogen-bond donors (Lipinski definition) is 1. The third kappa shape index (κ3) is 3.15. The molecule has 0 fully saturated rings. The summed E-state index contributed by atoms with van der Waals surface area (Å²) in [4.78, 5) is 15.0. The highest BCUT2D eigenvalue weighted by Crippen LogP contribution is 2.32. The van der Waals surface area contributed by atoms with Crippen LogP contribution < -0.4 is 10.6 Å². The average molecular weight is 308 g/mol. The number of carbonyl (C=O) groups is 1. The van der Waals surface area contributed by atoms with Gasteiger partial charge in [0.25, 0.3) is 0 Å². The molecular weight excluding hydrogens is 284 g/mol. The maximum Gasteiger partial charge on any atom is 0.231 e. The molecule has 1 aliphatic heterocycles. The number of amides is 1. The van der Waals surface area contributed by atoms with Crippen molar-refractivity contribution < 1.29 is 4.79 Å². The van der Waals surface area contributed by atoms with E-state index in [0.717, 1.165) is 24.2 Å². The summed E-state index contributed by atoms with van der Waals surface area (Å²) in [6, 6.07) is 17.8. The molecule has 3 rings (SSSR count). The Kier molecular flexibility index (Phi) is 4.49. The van der Waals surface area contributed by atoms with Gasteiger partial charge in [0.1, 0.15) is 0 Å². The highest BCUT2D eigenvalue weighted by molar-refractivity contribution is 5.96. The normalized spacial score (nSPS) is 19.8. The van der Waals surface area contributed by atoms with Crippen LogP contribution in [0.15, 0.2) is 54.6 Å². The number of benzene rings is 2. The Morgan fingerprint density at radius 3 is 2.52 bits per heavy atom. The predicted octanol–water partition coefficient (Wildman–Crippen LogP) is 3.55. The first-order valence-electron chi connectivity index (χ1n) is 8.27. The zero-order valence-electron chi connectivity index (χ0n) is 13.8. The summed E-state index contributed by atoms with van der Waals surface area (Å²) in [6.45, 7) is 4.89. The van der Waals surface area contributed by atoms with Crippen LogP contribution in [-0.4, -0.2) is 12.5 Å². The lowest BCUT2D eigenvalue weighted by atomic mass is 9.90. The Bertz CT molecular complexity index is 683. The molecule has 0 saturated carbocycles. The molecule has 3 heteroatoms. The molecule has 0 radical (unpaired) electrons. The number of nitrogens with zero attached hydrogens (tertiary/aromatic N) is 1. The lowest BCUT2D eigenvalue weighted by Gasteiger charge is -2.36. The fourth-order valence-electron chi connectivity index (χ4n) is 3.37. The summed E-state index contributed by atoms with van der Waals surface area (Å²) in [7, 11) is 0. The molecule has 0 aromatic heterocycles. The standard InChI is InChI=1S/C20H24N2O/c1-14-12-17-10-6-7-11-18(17)22(13-14)20(23)15(2)19(21)16-8-4-3-5-9-16/h3-11,14-15,19H,12-13,21H2,1-2H3. The highest BCUT2D eigenvalue weighted by Gasteiger charge is 2.31. The molecule has 0 bridgehead atoms. The molecule has 0 saturated heterocycles. The van der Waals surface area contributed by atoms with Crippen molar-refractivity contribution in [1.82, 2.24) is 0 Å². The Morgan fingerprint density at radius 2 is 1.78 bits per heavy atom. The summed E-state index contributed by atoms with van der Waals surface area (Å²) in [5, 5.41) is 0. The first-order valence-corrected chi connectivity index (χ1v) is 8.27. The van der Waals surface area contributed by atoms with E-state index in [4.69, 9.17) is 5.73 Å². The van der Waals surface area contributed by atoms with Gasteiger partial charge in [-0.05, 0) is 29.5 Å². The van der Waals surface area contributed by atoms with E-state index in [1.807, 2.05) is 60.4 Å². The second-order valence-electron chi connectivity index (χ2n) is 6.61. The lowest BCUT2D eigenvalue weighted by molar-refractivity contribution is -0.122. The van der Waals surface area contributed by atoms with Crippen molar-refractivity contribution in [3.63, 3.8) is 0 Å². The van der Waals surface area contributed by atoms with Gasteiger partial charge in [-0.2, -0.15) is 0 Å². The van der Waals surface area contributed by atoms with Gasteiger partial charge in [0.2, 0.25) is 5.91 Å². The number of hydrogen-bond acceptors (Lipinski definition) is 2. The monoisotopic (exact) mass is 308 g/mol. The van der Waals surface area contributed by atoms with Gasteiger partial charge >= 0.3 is 0 Å². The number of fused-ring (bicyclic) bond motifs is 1. The van der Waals surface area contributed by atoms with E-state index in [1.165, 1.54) is 5.56 Å². The molecule has 0 aliphatic carbocycles. The number of rotatable bonds is 3. The van der Waals surface area contributed by atoms with Crippen LogP contribution in [0.3, 0.4) is 0 Å². The van der Waals surface area contributed by atoms with E-state index in [2.05, 4.69) is 13.0 Å². The summed E-state index contributed by atoms with van der Waals surface area (Å²) < 4.78 is 0. The van der Waals surface area contributed by atoms with Crippen LogP contribution >= 0.6 is 0 Å². The molecule has 0 spiro atoms. The summed E-state index contributed by atoms with van der Waals surface area (Å²) >= 11 is 0. The zero-order valence-corrected chi connectivity index (χ0v) is 13.8. The van der Waals surface area contributed by atoms with Gasteiger partial charge in [-0.1, -0.05) is 62.4 Å². The van der Waals surface area contributed by atoms with Crippen LogP contribution in [-0.2, 0) is 11.2 Å². The minimum absolute atomic E-state index is 0.111. The molecule has 1 aliphatic rings. The van der Waals surface area contributed by atoms with Crippen molar-refractivity contribution >= 4 is 11.6 Å². The molecule has 2 aromatic rings. The second-order valence-corrected chi connectivity index (χ2v) is 6.61. The van der Waals surface area contributed by atoms with E-state index in [-0.39, 0.29) is 17.9 Å². The highest BCUT2D eigenvalue weighted by atomic mass is 16.2. The number of anilines is 1. The number of para-hydroxylation sites is 1. The maximum absolute atomic E-state index is 13.1. The Balaban J connectivity index is 1.85. The zero-order chi connectivity index (χ0) is 16.4. The van der Waals surface area contributed by atoms with Crippen molar-refractivity contribution in [3.05, 3.63) is 65.7 Å². The molecular formula is C20H24N2O. The van der Waals surface area contributed by atoms with Crippen molar-refractivity contribution in [2.75, 3.05) is 11.4 Å². The topological polar surface area (TPSA) is 46.3 Å². The smallest absolute Gasteiger partial charge is 0.231 e. The quantitative estimate of drug-likeness (QED) is 0.942. The Hall–Kier alpha value is -2.13. The molecule has 23 heavy (non-hydrogen) atoms. The number of nitrogens with two attached hydrogens (primary N) is 1. The first-order chi connectivity index (χ1) is 11.1. The SMILES string of the molecule is CC1Cc2ccccc2N(C(=O)C(C)C(N)c2ccccc2)C1. The summed E-state index contributed by atoms with van der Waals surface area (Å²) in [6.07, 6.45) is 1.03. The number of carbonyl (C=O) groups excluding carboxylic acids is 1. The molecule has 3 atom stereocenters. The van der Waals surface area contributed by atoms with Crippen LogP contribution in [0, 0.1) is 11.8 Å². The van der Waals surface area contributed by atoms with Crippen molar-refractivity contribution in [1.29, 1.82) is 0 Å². The van der Waals surface area contributed by atoms with Crippen LogP contribution in [0.5, 0.6) is 0 Å². The molecule has 3 nitrogen and oxygen atoms in total. The van der Waals surface area contributed by atoms with Crippen molar-refractivity contribution in [3.8, 4) is 0 Å². The van der Waals surface area contributed by atoms with E-state index < -0.39 is 0 Å². The molecule has 1 heterocycles. The van der Waals surface area contributed by atoms with E-state index in [9.17, 15) is 4.79 Å². The molecule has 3 unspecified atom stereocenters. The van der Waals surface area contributed by atoms with Gasteiger partial charge in [0.05, 0.1) is 5.92 Å². The van der Waals surface area contributed by atoms with Crippen LogP contribution in [0.4, 0.5) is 5.69 Å². The Labute approximate surface area is 138 Å².